The number of alkyl carbamates (subject to hydrolysis) is 1. The SMILES string of the molecule is CCn1c2ccccc2c2cc(CN3CCC(NC(=O)OCc4ccc(C(C)C)cc4)C3)ccc21. The summed E-state index contributed by atoms with van der Waals surface area (Å²) in [6.45, 7) is 10.5. The third-order valence-electron chi connectivity index (χ3n) is 7.17. The molecule has 5 rings (SSSR count). The first-order chi connectivity index (χ1) is 17.0. The standard InChI is InChI=1S/C30H35N3O2/c1-4-33-28-8-6-5-7-26(28)27-17-23(11-14-29(27)33)18-32-16-15-25(19-32)31-30(34)35-20-22-9-12-24(13-10-22)21(2)3/h5-14,17,21,25H,4,15-16,18-20H2,1-3H3,(H,31,34). The Balaban J connectivity index is 1.16. The number of likely N-dealkylation sites (tertiary alicyclic amines) is 1. The molecule has 0 bridgehead atoms. The summed E-state index contributed by atoms with van der Waals surface area (Å²) in [5.74, 6) is 0.497. The van der Waals surface area contributed by atoms with E-state index < -0.39 is 0 Å². The van der Waals surface area contributed by atoms with Crippen molar-refractivity contribution in [2.45, 2.75) is 58.8 Å². The monoisotopic (exact) mass is 469 g/mol. The summed E-state index contributed by atoms with van der Waals surface area (Å²) < 4.78 is 7.86. The van der Waals surface area contributed by atoms with Crippen LogP contribution < -0.4 is 5.32 Å². The van der Waals surface area contributed by atoms with Crippen molar-refractivity contribution in [2.24, 2.45) is 0 Å². The minimum absolute atomic E-state index is 0.122. The van der Waals surface area contributed by atoms with E-state index in [0.717, 1.165) is 38.2 Å². The number of para-hydroxylation sites is 1. The van der Waals surface area contributed by atoms with E-state index in [2.05, 4.69) is 90.2 Å². The van der Waals surface area contributed by atoms with E-state index in [0.29, 0.717) is 12.5 Å². The third-order valence-corrected chi connectivity index (χ3v) is 7.17. The van der Waals surface area contributed by atoms with Crippen molar-refractivity contribution >= 4 is 27.9 Å². The molecule has 182 valence electrons. The molecule has 1 saturated heterocycles. The highest BCUT2D eigenvalue weighted by Gasteiger charge is 2.24. The Morgan fingerprint density at radius 2 is 1.74 bits per heavy atom. The number of nitrogens with one attached hydrogen (secondary N) is 1. The van der Waals surface area contributed by atoms with Crippen LogP contribution in [-0.4, -0.2) is 34.7 Å². The first-order valence-corrected chi connectivity index (χ1v) is 12.8. The number of amides is 1. The van der Waals surface area contributed by atoms with E-state index in [9.17, 15) is 4.79 Å². The Labute approximate surface area is 207 Å². The lowest BCUT2D eigenvalue weighted by Crippen LogP contribution is -2.37. The molecular weight excluding hydrogens is 434 g/mol. The van der Waals surface area contributed by atoms with Gasteiger partial charge in [0.1, 0.15) is 6.61 Å². The van der Waals surface area contributed by atoms with Crippen molar-refractivity contribution in [3.05, 3.63) is 83.4 Å². The summed E-state index contributed by atoms with van der Waals surface area (Å²) in [6.07, 6.45) is 0.605. The maximum atomic E-state index is 12.4. The molecule has 1 aromatic heterocycles. The van der Waals surface area contributed by atoms with Crippen LogP contribution in [0, 0.1) is 0 Å². The molecule has 0 spiro atoms. The number of carbonyl (C=O) groups is 1. The fourth-order valence-corrected chi connectivity index (χ4v) is 5.25. The van der Waals surface area contributed by atoms with Crippen molar-refractivity contribution in [1.82, 2.24) is 14.8 Å². The molecule has 2 heterocycles. The molecule has 1 aliphatic heterocycles. The van der Waals surface area contributed by atoms with Gasteiger partial charge in [0.2, 0.25) is 0 Å². The van der Waals surface area contributed by atoms with Crippen LogP contribution in [0.5, 0.6) is 0 Å². The topological polar surface area (TPSA) is 46.5 Å². The molecule has 0 radical (unpaired) electrons. The lowest BCUT2D eigenvalue weighted by Gasteiger charge is -2.17. The van der Waals surface area contributed by atoms with E-state index in [-0.39, 0.29) is 12.1 Å². The summed E-state index contributed by atoms with van der Waals surface area (Å²) in [6, 6.07) is 23.9. The van der Waals surface area contributed by atoms with Crippen molar-refractivity contribution in [3.8, 4) is 0 Å². The van der Waals surface area contributed by atoms with Gasteiger partial charge in [0.25, 0.3) is 0 Å². The molecule has 4 aromatic rings. The largest absolute Gasteiger partial charge is 0.445 e. The summed E-state index contributed by atoms with van der Waals surface area (Å²) in [5.41, 5.74) is 6.20. The number of aromatic nitrogens is 1. The number of ether oxygens (including phenoxy) is 1. The molecule has 3 aromatic carbocycles. The zero-order valence-electron chi connectivity index (χ0n) is 21.0. The summed E-state index contributed by atoms with van der Waals surface area (Å²) >= 11 is 0. The lowest BCUT2D eigenvalue weighted by molar-refractivity contribution is 0.135. The van der Waals surface area contributed by atoms with Crippen molar-refractivity contribution < 1.29 is 9.53 Å². The first kappa shape index (κ1) is 23.4. The fraction of sp³-hybridized carbons (Fsp3) is 0.367. The molecule has 5 nitrogen and oxygen atoms in total. The third kappa shape index (κ3) is 5.06. The number of carbonyl (C=O) groups excluding carboxylic acids is 1. The molecule has 1 N–H and O–H groups in total. The van der Waals surface area contributed by atoms with Gasteiger partial charge in [-0.05, 0) is 54.2 Å². The molecule has 1 aliphatic rings. The maximum Gasteiger partial charge on any atom is 0.407 e. The molecule has 1 atom stereocenters. The quantitative estimate of drug-likeness (QED) is 0.339. The molecular formula is C30H35N3O2. The predicted molar refractivity (Wildman–Crippen MR) is 143 cm³/mol. The molecule has 35 heavy (non-hydrogen) atoms. The van der Waals surface area contributed by atoms with E-state index >= 15 is 0 Å². The normalized spacial score (nSPS) is 16.4. The average Bonchev–Trinajstić information content (AvgIpc) is 3.44. The smallest absolute Gasteiger partial charge is 0.407 e. The Morgan fingerprint density at radius 3 is 2.51 bits per heavy atom. The highest BCUT2D eigenvalue weighted by Crippen LogP contribution is 2.30. The number of hydrogen-bond acceptors (Lipinski definition) is 3. The second-order valence-corrected chi connectivity index (χ2v) is 9.95. The molecule has 1 amide bonds. The van der Waals surface area contributed by atoms with Crippen molar-refractivity contribution in [3.63, 3.8) is 0 Å². The highest BCUT2D eigenvalue weighted by atomic mass is 16.5. The van der Waals surface area contributed by atoms with E-state index in [1.165, 1.54) is 32.9 Å². The van der Waals surface area contributed by atoms with Gasteiger partial charge < -0.3 is 14.6 Å². The number of benzene rings is 3. The van der Waals surface area contributed by atoms with Gasteiger partial charge in [-0.1, -0.05) is 62.4 Å². The lowest BCUT2D eigenvalue weighted by atomic mass is 10.0. The second kappa shape index (κ2) is 10.1. The van der Waals surface area contributed by atoms with Crippen LogP contribution in [0.25, 0.3) is 21.8 Å². The summed E-state index contributed by atoms with van der Waals surface area (Å²) in [5, 5.41) is 5.69. The van der Waals surface area contributed by atoms with E-state index in [1.54, 1.807) is 0 Å². The minimum Gasteiger partial charge on any atom is -0.445 e. The minimum atomic E-state index is -0.335. The zero-order valence-corrected chi connectivity index (χ0v) is 21.0. The molecule has 5 heteroatoms. The van der Waals surface area contributed by atoms with Crippen LogP contribution in [0.15, 0.2) is 66.7 Å². The number of nitrogens with zero attached hydrogens (tertiary/aromatic N) is 2. The number of rotatable bonds is 7. The molecule has 1 unspecified atom stereocenters. The fourth-order valence-electron chi connectivity index (χ4n) is 5.25. The van der Waals surface area contributed by atoms with Gasteiger partial charge >= 0.3 is 6.09 Å². The summed E-state index contributed by atoms with van der Waals surface area (Å²) in [7, 11) is 0. The molecule has 1 fully saturated rings. The van der Waals surface area contributed by atoms with Crippen molar-refractivity contribution in [2.75, 3.05) is 13.1 Å². The molecule has 0 saturated carbocycles. The van der Waals surface area contributed by atoms with Crippen LogP contribution in [0.3, 0.4) is 0 Å². The van der Waals surface area contributed by atoms with Gasteiger partial charge in [0.05, 0.1) is 0 Å². The second-order valence-electron chi connectivity index (χ2n) is 9.95. The Kier molecular flexibility index (Phi) is 6.78. The number of hydrogen-bond donors (Lipinski definition) is 1. The number of fused-ring (bicyclic) bond motifs is 3. The van der Waals surface area contributed by atoms with Crippen molar-refractivity contribution in [1.29, 1.82) is 0 Å². The van der Waals surface area contributed by atoms with Gasteiger partial charge in [0.15, 0.2) is 0 Å². The highest BCUT2D eigenvalue weighted by molar-refractivity contribution is 6.08. The number of aryl methyl sites for hydroxylation is 1. The zero-order chi connectivity index (χ0) is 24.4. The average molecular weight is 470 g/mol. The Morgan fingerprint density at radius 1 is 1.00 bits per heavy atom. The summed E-state index contributed by atoms with van der Waals surface area (Å²) in [4.78, 5) is 14.8. The van der Waals surface area contributed by atoms with Gasteiger partial charge in [-0.25, -0.2) is 4.79 Å². The van der Waals surface area contributed by atoms with Gasteiger partial charge in [-0.2, -0.15) is 0 Å². The van der Waals surface area contributed by atoms with Gasteiger partial charge in [-0.3, -0.25) is 4.90 Å². The van der Waals surface area contributed by atoms with Crippen LogP contribution in [0.1, 0.15) is 49.8 Å². The van der Waals surface area contributed by atoms with E-state index in [4.69, 9.17) is 4.74 Å². The van der Waals surface area contributed by atoms with Gasteiger partial charge in [-0.15, -0.1) is 0 Å². The van der Waals surface area contributed by atoms with Gasteiger partial charge in [0, 0.05) is 54.0 Å². The van der Waals surface area contributed by atoms with E-state index in [1.807, 2.05) is 12.1 Å². The molecule has 0 aliphatic carbocycles. The Hall–Kier alpha value is -3.31. The predicted octanol–water partition coefficient (Wildman–Crippen LogP) is 6.44. The van der Waals surface area contributed by atoms with Crippen LogP contribution in [0.2, 0.25) is 0 Å². The van der Waals surface area contributed by atoms with Crippen LogP contribution in [0.4, 0.5) is 4.79 Å². The maximum absolute atomic E-state index is 12.4. The first-order valence-electron chi connectivity index (χ1n) is 12.8. The van der Waals surface area contributed by atoms with Crippen LogP contribution in [-0.2, 0) is 24.4 Å². The Bertz CT molecular complexity index is 1320. The van der Waals surface area contributed by atoms with Crippen LogP contribution >= 0.6 is 0 Å².